The lowest BCUT2D eigenvalue weighted by atomic mass is 9.88. The molecule has 0 spiro atoms. The number of hydrogen-bond donors (Lipinski definition) is 1. The molecule has 19 heavy (non-hydrogen) atoms. The Hall–Kier alpha value is -1.48. The molecule has 2 aromatic rings. The number of carbonyl (C=O) groups excluding carboxylic acids is 1. The fourth-order valence-electron chi connectivity index (χ4n) is 3.00. The largest absolute Gasteiger partial charge is 0.397 e. The number of halogens is 1. The summed E-state index contributed by atoms with van der Waals surface area (Å²) in [6.07, 6.45) is 7.22. The number of benzene rings is 1. The average Bonchev–Trinajstić information content (AvgIpc) is 2.78. The van der Waals surface area contributed by atoms with Gasteiger partial charge in [0.1, 0.15) is 0 Å². The Bertz CT molecular complexity index is 626. The summed E-state index contributed by atoms with van der Waals surface area (Å²) in [6, 6.07) is 5.56. The van der Waals surface area contributed by atoms with Crippen LogP contribution in [0.5, 0.6) is 0 Å². The van der Waals surface area contributed by atoms with Crippen LogP contribution in [-0.4, -0.2) is 10.5 Å². The van der Waals surface area contributed by atoms with Gasteiger partial charge in [0.05, 0.1) is 16.2 Å². The van der Waals surface area contributed by atoms with Gasteiger partial charge in [-0.15, -0.1) is 0 Å². The highest BCUT2D eigenvalue weighted by Gasteiger charge is 2.24. The summed E-state index contributed by atoms with van der Waals surface area (Å²) in [5.41, 5.74) is 7.38. The minimum atomic E-state index is 0.128. The molecule has 1 saturated carbocycles. The van der Waals surface area contributed by atoms with E-state index in [0.29, 0.717) is 10.7 Å². The van der Waals surface area contributed by atoms with Crippen molar-refractivity contribution in [2.24, 2.45) is 5.92 Å². The Labute approximate surface area is 117 Å². The second kappa shape index (κ2) is 4.89. The molecule has 1 aliphatic carbocycles. The number of aromatic nitrogens is 1. The highest BCUT2D eigenvalue weighted by molar-refractivity contribution is 6.36. The summed E-state index contributed by atoms with van der Waals surface area (Å²) < 4.78 is 1.69. The molecule has 1 fully saturated rings. The van der Waals surface area contributed by atoms with Gasteiger partial charge in [-0.05, 0) is 25.0 Å². The van der Waals surface area contributed by atoms with Crippen molar-refractivity contribution in [1.82, 2.24) is 4.57 Å². The van der Waals surface area contributed by atoms with Crippen molar-refractivity contribution in [3.05, 3.63) is 29.4 Å². The predicted octanol–water partition coefficient (Wildman–Crippen LogP) is 4.10. The van der Waals surface area contributed by atoms with Crippen LogP contribution in [0.25, 0.3) is 10.9 Å². The molecule has 1 aromatic carbocycles. The van der Waals surface area contributed by atoms with Crippen molar-refractivity contribution < 1.29 is 4.79 Å². The minimum absolute atomic E-state index is 0.128. The van der Waals surface area contributed by atoms with Crippen LogP contribution in [0.2, 0.25) is 5.02 Å². The second-order valence-corrected chi connectivity index (χ2v) is 5.67. The summed E-state index contributed by atoms with van der Waals surface area (Å²) in [4.78, 5) is 12.6. The fourth-order valence-corrected chi connectivity index (χ4v) is 3.28. The summed E-state index contributed by atoms with van der Waals surface area (Å²) in [5.74, 6) is 0.284. The van der Waals surface area contributed by atoms with Gasteiger partial charge in [-0.3, -0.25) is 9.36 Å². The zero-order chi connectivity index (χ0) is 13.4. The molecule has 0 bridgehead atoms. The van der Waals surface area contributed by atoms with Gasteiger partial charge in [-0.25, -0.2) is 0 Å². The van der Waals surface area contributed by atoms with E-state index in [4.69, 9.17) is 17.3 Å². The van der Waals surface area contributed by atoms with Crippen LogP contribution < -0.4 is 5.73 Å². The third-order valence-electron chi connectivity index (χ3n) is 4.00. The van der Waals surface area contributed by atoms with E-state index in [1.807, 2.05) is 12.1 Å². The van der Waals surface area contributed by atoms with Gasteiger partial charge >= 0.3 is 0 Å². The number of nitrogens with zero attached hydrogens (tertiary/aromatic N) is 1. The summed E-state index contributed by atoms with van der Waals surface area (Å²) in [7, 11) is 0. The number of fused-ring (bicyclic) bond motifs is 1. The predicted molar refractivity (Wildman–Crippen MR) is 78.6 cm³/mol. The van der Waals surface area contributed by atoms with Gasteiger partial charge in [-0.1, -0.05) is 36.9 Å². The molecule has 1 aliphatic rings. The van der Waals surface area contributed by atoms with E-state index in [1.54, 1.807) is 16.8 Å². The van der Waals surface area contributed by atoms with Crippen LogP contribution in [0.1, 0.15) is 36.9 Å². The Morgan fingerprint density at radius 3 is 2.74 bits per heavy atom. The van der Waals surface area contributed by atoms with E-state index in [2.05, 4.69) is 0 Å². The summed E-state index contributed by atoms with van der Waals surface area (Å²) >= 11 is 6.16. The molecule has 2 N–H and O–H groups in total. The molecule has 0 atom stereocenters. The zero-order valence-electron chi connectivity index (χ0n) is 10.7. The number of carbonyl (C=O) groups is 1. The maximum absolute atomic E-state index is 12.6. The first-order valence-corrected chi connectivity index (χ1v) is 7.15. The molecule has 0 unspecified atom stereocenters. The molecule has 1 aromatic heterocycles. The fraction of sp³-hybridized carbons (Fsp3) is 0.400. The van der Waals surface area contributed by atoms with Gasteiger partial charge in [0.15, 0.2) is 0 Å². The molecule has 100 valence electrons. The number of rotatable bonds is 1. The molecule has 0 amide bonds. The quantitative estimate of drug-likeness (QED) is 0.852. The van der Waals surface area contributed by atoms with Crippen LogP contribution in [0.15, 0.2) is 24.4 Å². The molecule has 0 radical (unpaired) electrons. The van der Waals surface area contributed by atoms with Crippen LogP contribution in [0.3, 0.4) is 0 Å². The average molecular weight is 277 g/mol. The van der Waals surface area contributed by atoms with E-state index >= 15 is 0 Å². The lowest BCUT2D eigenvalue weighted by molar-refractivity contribution is 0.0807. The SMILES string of the molecule is Nc1cn(C(=O)C2CCCCC2)c2cccc(Cl)c12. The van der Waals surface area contributed by atoms with Crippen molar-refractivity contribution in [1.29, 1.82) is 0 Å². The molecular formula is C15H17ClN2O. The lowest BCUT2D eigenvalue weighted by Gasteiger charge is -2.20. The van der Waals surface area contributed by atoms with E-state index in [9.17, 15) is 4.79 Å². The first kappa shape index (κ1) is 12.5. The maximum atomic E-state index is 12.6. The van der Waals surface area contributed by atoms with Gasteiger partial charge < -0.3 is 5.73 Å². The smallest absolute Gasteiger partial charge is 0.234 e. The molecule has 0 aliphatic heterocycles. The molecular weight excluding hydrogens is 260 g/mol. The molecule has 3 rings (SSSR count). The van der Waals surface area contributed by atoms with Crippen molar-refractivity contribution in [3.8, 4) is 0 Å². The third kappa shape index (κ3) is 2.12. The van der Waals surface area contributed by atoms with Crippen molar-refractivity contribution in [2.45, 2.75) is 32.1 Å². The normalized spacial score (nSPS) is 16.9. The standard InChI is InChI=1S/C15H17ClN2O/c16-11-7-4-8-13-14(11)12(17)9-18(13)15(19)10-5-2-1-3-6-10/h4,7-10H,1-3,5-6,17H2. The monoisotopic (exact) mass is 276 g/mol. The van der Waals surface area contributed by atoms with Crippen LogP contribution in [0, 0.1) is 5.92 Å². The van der Waals surface area contributed by atoms with Crippen molar-refractivity contribution in [2.75, 3.05) is 5.73 Å². The third-order valence-corrected chi connectivity index (χ3v) is 4.31. The number of anilines is 1. The minimum Gasteiger partial charge on any atom is -0.397 e. The van der Waals surface area contributed by atoms with Gasteiger partial charge in [0, 0.05) is 17.5 Å². The van der Waals surface area contributed by atoms with Crippen LogP contribution in [-0.2, 0) is 0 Å². The zero-order valence-corrected chi connectivity index (χ0v) is 11.5. The Balaban J connectivity index is 2.05. The van der Waals surface area contributed by atoms with Crippen molar-refractivity contribution in [3.63, 3.8) is 0 Å². The first-order chi connectivity index (χ1) is 9.18. The van der Waals surface area contributed by atoms with Gasteiger partial charge in [0.2, 0.25) is 5.91 Å². The lowest BCUT2D eigenvalue weighted by Crippen LogP contribution is -2.23. The Morgan fingerprint density at radius 2 is 2.00 bits per heavy atom. The topological polar surface area (TPSA) is 48.0 Å². The Morgan fingerprint density at radius 1 is 1.26 bits per heavy atom. The van der Waals surface area contributed by atoms with E-state index in [1.165, 1.54) is 6.42 Å². The highest BCUT2D eigenvalue weighted by Crippen LogP contribution is 2.32. The van der Waals surface area contributed by atoms with E-state index < -0.39 is 0 Å². The van der Waals surface area contributed by atoms with E-state index in [0.717, 1.165) is 36.6 Å². The number of nitrogen functional groups attached to an aromatic ring is 1. The highest BCUT2D eigenvalue weighted by atomic mass is 35.5. The first-order valence-electron chi connectivity index (χ1n) is 6.78. The maximum Gasteiger partial charge on any atom is 0.234 e. The summed E-state index contributed by atoms with van der Waals surface area (Å²) in [6.45, 7) is 0. The number of hydrogen-bond acceptors (Lipinski definition) is 2. The molecule has 4 heteroatoms. The van der Waals surface area contributed by atoms with Crippen LogP contribution in [0.4, 0.5) is 5.69 Å². The van der Waals surface area contributed by atoms with E-state index in [-0.39, 0.29) is 11.8 Å². The molecule has 0 saturated heterocycles. The molecule has 1 heterocycles. The second-order valence-electron chi connectivity index (χ2n) is 5.26. The van der Waals surface area contributed by atoms with Gasteiger partial charge in [-0.2, -0.15) is 0 Å². The van der Waals surface area contributed by atoms with Crippen LogP contribution >= 0.6 is 11.6 Å². The van der Waals surface area contributed by atoms with Crippen molar-refractivity contribution >= 4 is 34.1 Å². The number of nitrogens with two attached hydrogens (primary N) is 1. The van der Waals surface area contributed by atoms with Gasteiger partial charge in [0.25, 0.3) is 0 Å². The summed E-state index contributed by atoms with van der Waals surface area (Å²) in [5, 5.41) is 1.39. The molecule has 3 nitrogen and oxygen atoms in total. The Kier molecular flexibility index (Phi) is 3.23.